The summed E-state index contributed by atoms with van der Waals surface area (Å²) < 4.78 is 5.79. The Bertz CT molecular complexity index is 431. The molecule has 0 aromatic carbocycles. The number of piperidine rings is 1. The van der Waals surface area contributed by atoms with E-state index in [1.807, 2.05) is 4.90 Å². The lowest BCUT2D eigenvalue weighted by Gasteiger charge is -2.43. The molecule has 0 aromatic rings. The van der Waals surface area contributed by atoms with Gasteiger partial charge in [0.15, 0.2) is 0 Å². The van der Waals surface area contributed by atoms with Crippen LogP contribution in [0, 0.1) is 11.8 Å². The zero-order valence-electron chi connectivity index (χ0n) is 14.8. The lowest BCUT2D eigenvalue weighted by Crippen LogP contribution is -2.59. The van der Waals surface area contributed by atoms with Crippen LogP contribution in [0.2, 0.25) is 0 Å². The van der Waals surface area contributed by atoms with Gasteiger partial charge in [-0.2, -0.15) is 0 Å². The Labute approximate surface area is 139 Å². The molecule has 2 heterocycles. The summed E-state index contributed by atoms with van der Waals surface area (Å²) in [7, 11) is 0. The minimum Gasteiger partial charge on any atom is -0.373 e. The van der Waals surface area contributed by atoms with Crippen molar-refractivity contribution >= 4 is 11.8 Å². The largest absolute Gasteiger partial charge is 0.373 e. The minimum absolute atomic E-state index is 0.132. The number of nitrogens with zero attached hydrogens (tertiary/aromatic N) is 2. The Morgan fingerprint density at radius 2 is 1.74 bits per heavy atom. The molecule has 2 rings (SSSR count). The molecular formula is C17H31N3O3. The van der Waals surface area contributed by atoms with Gasteiger partial charge in [-0.15, -0.1) is 0 Å². The molecule has 0 radical (unpaired) electrons. The molecule has 0 aliphatic carbocycles. The molecule has 2 aliphatic heterocycles. The van der Waals surface area contributed by atoms with Crippen LogP contribution in [0.3, 0.4) is 0 Å². The van der Waals surface area contributed by atoms with Gasteiger partial charge in [-0.1, -0.05) is 13.8 Å². The van der Waals surface area contributed by atoms with Crippen LogP contribution < -0.4 is 5.73 Å². The third kappa shape index (κ3) is 4.44. The van der Waals surface area contributed by atoms with E-state index in [1.54, 1.807) is 0 Å². The normalized spacial score (nSPS) is 31.2. The smallest absolute Gasteiger partial charge is 0.240 e. The van der Waals surface area contributed by atoms with Crippen molar-refractivity contribution in [1.29, 1.82) is 0 Å². The number of hydrogen-bond donors (Lipinski definition) is 1. The molecule has 0 aromatic heterocycles. The molecule has 0 bridgehead atoms. The first-order valence-electron chi connectivity index (χ1n) is 8.77. The molecular weight excluding hydrogens is 294 g/mol. The molecule has 2 N–H and O–H groups in total. The number of morpholine rings is 1. The van der Waals surface area contributed by atoms with E-state index in [0.29, 0.717) is 6.54 Å². The van der Waals surface area contributed by atoms with Crippen molar-refractivity contribution in [3.05, 3.63) is 0 Å². The van der Waals surface area contributed by atoms with Gasteiger partial charge >= 0.3 is 0 Å². The molecule has 2 fully saturated rings. The summed E-state index contributed by atoms with van der Waals surface area (Å²) in [4.78, 5) is 28.7. The monoisotopic (exact) mass is 325 g/mol. The number of primary amides is 1. The maximum atomic E-state index is 13.1. The summed E-state index contributed by atoms with van der Waals surface area (Å²) in [6, 6.07) is -0.157. The summed E-state index contributed by atoms with van der Waals surface area (Å²) >= 11 is 0. The number of likely N-dealkylation sites (tertiary alicyclic amines) is 1. The van der Waals surface area contributed by atoms with Crippen molar-refractivity contribution in [3.8, 4) is 0 Å². The van der Waals surface area contributed by atoms with Crippen molar-refractivity contribution in [2.24, 2.45) is 17.6 Å². The fourth-order valence-corrected chi connectivity index (χ4v) is 3.90. The maximum absolute atomic E-state index is 13.1. The molecule has 6 nitrogen and oxygen atoms in total. The minimum atomic E-state index is -0.294. The zero-order valence-corrected chi connectivity index (χ0v) is 14.8. The van der Waals surface area contributed by atoms with Gasteiger partial charge in [-0.3, -0.25) is 14.5 Å². The second kappa shape index (κ2) is 7.62. The second-order valence-corrected chi connectivity index (χ2v) is 7.43. The molecule has 2 aliphatic rings. The standard InChI is InChI=1S/C17H31N3O3/c1-11(2)15(20-8-12(3)23-13(4)9-20)17(22)19-7-5-6-14(10-19)16(18)21/h11-15H,5-10H2,1-4H3,(H2,18,21)/t12-,13-,14+,15+/m1/s1. The van der Waals surface area contributed by atoms with Gasteiger partial charge < -0.3 is 15.4 Å². The fourth-order valence-electron chi connectivity index (χ4n) is 3.90. The van der Waals surface area contributed by atoms with Crippen molar-refractivity contribution < 1.29 is 14.3 Å². The summed E-state index contributed by atoms with van der Waals surface area (Å²) in [5.41, 5.74) is 5.44. The van der Waals surface area contributed by atoms with Crippen LogP contribution in [0.1, 0.15) is 40.5 Å². The van der Waals surface area contributed by atoms with E-state index >= 15 is 0 Å². The van der Waals surface area contributed by atoms with Crippen molar-refractivity contribution in [1.82, 2.24) is 9.80 Å². The molecule has 6 heteroatoms. The predicted molar refractivity (Wildman–Crippen MR) is 88.7 cm³/mol. The van der Waals surface area contributed by atoms with Crippen LogP contribution in [0.5, 0.6) is 0 Å². The molecule has 23 heavy (non-hydrogen) atoms. The summed E-state index contributed by atoms with van der Waals surface area (Å²) in [5.74, 6) is -0.151. The third-order valence-electron chi connectivity index (χ3n) is 4.86. The average molecular weight is 325 g/mol. The van der Waals surface area contributed by atoms with E-state index in [1.165, 1.54) is 0 Å². The van der Waals surface area contributed by atoms with Gasteiger partial charge in [0.2, 0.25) is 11.8 Å². The molecule has 2 amide bonds. The highest BCUT2D eigenvalue weighted by Crippen LogP contribution is 2.23. The Kier molecular flexibility index (Phi) is 6.03. The predicted octanol–water partition coefficient (Wildman–Crippen LogP) is 0.844. The molecule has 0 spiro atoms. The third-order valence-corrected chi connectivity index (χ3v) is 4.86. The summed E-state index contributed by atoms with van der Waals surface area (Å²) in [5, 5.41) is 0. The molecule has 4 atom stereocenters. The van der Waals surface area contributed by atoms with Gasteiger partial charge in [0, 0.05) is 26.2 Å². The zero-order chi connectivity index (χ0) is 17.1. The number of hydrogen-bond acceptors (Lipinski definition) is 4. The first-order chi connectivity index (χ1) is 10.8. The highest BCUT2D eigenvalue weighted by Gasteiger charge is 2.38. The van der Waals surface area contributed by atoms with Crippen molar-refractivity contribution in [3.63, 3.8) is 0 Å². The van der Waals surface area contributed by atoms with Gasteiger partial charge in [0.25, 0.3) is 0 Å². The number of ether oxygens (including phenoxy) is 1. The lowest BCUT2D eigenvalue weighted by molar-refractivity contribution is -0.147. The molecule has 132 valence electrons. The second-order valence-electron chi connectivity index (χ2n) is 7.43. The summed E-state index contributed by atoms with van der Waals surface area (Å²) in [6.07, 6.45) is 1.90. The first kappa shape index (κ1) is 18.2. The van der Waals surface area contributed by atoms with E-state index < -0.39 is 0 Å². The highest BCUT2D eigenvalue weighted by molar-refractivity contribution is 5.84. The van der Waals surface area contributed by atoms with Crippen LogP contribution in [0.25, 0.3) is 0 Å². The maximum Gasteiger partial charge on any atom is 0.240 e. The molecule has 2 saturated heterocycles. The Hall–Kier alpha value is -1.14. The number of rotatable bonds is 4. The van der Waals surface area contributed by atoms with Gasteiger partial charge in [-0.05, 0) is 32.6 Å². The van der Waals surface area contributed by atoms with Crippen LogP contribution in [-0.2, 0) is 14.3 Å². The Morgan fingerprint density at radius 3 is 2.26 bits per heavy atom. The fraction of sp³-hybridized carbons (Fsp3) is 0.882. The van der Waals surface area contributed by atoms with Crippen LogP contribution in [0.15, 0.2) is 0 Å². The highest BCUT2D eigenvalue weighted by atomic mass is 16.5. The van der Waals surface area contributed by atoms with E-state index in [2.05, 4.69) is 32.6 Å². The van der Waals surface area contributed by atoms with Crippen molar-refractivity contribution in [2.45, 2.75) is 58.8 Å². The van der Waals surface area contributed by atoms with E-state index in [-0.39, 0.29) is 41.9 Å². The number of carbonyl (C=O) groups excluding carboxylic acids is 2. The van der Waals surface area contributed by atoms with Crippen LogP contribution in [0.4, 0.5) is 0 Å². The SMILES string of the molecule is CC(C)[C@@H](C(=O)N1CCC[C@H](C(N)=O)C1)N1C[C@@H](C)O[C@H](C)C1. The quantitative estimate of drug-likeness (QED) is 0.831. The number of nitrogens with two attached hydrogens (primary N) is 1. The summed E-state index contributed by atoms with van der Waals surface area (Å²) in [6.45, 7) is 11.0. The van der Waals surface area contributed by atoms with Crippen LogP contribution in [-0.4, -0.2) is 66.0 Å². The number of carbonyl (C=O) groups is 2. The van der Waals surface area contributed by atoms with Gasteiger partial charge in [-0.25, -0.2) is 0 Å². The number of amides is 2. The Morgan fingerprint density at radius 1 is 1.13 bits per heavy atom. The van der Waals surface area contributed by atoms with E-state index in [0.717, 1.165) is 32.5 Å². The average Bonchev–Trinajstić information content (AvgIpc) is 2.46. The topological polar surface area (TPSA) is 75.9 Å². The van der Waals surface area contributed by atoms with Gasteiger partial charge in [0.05, 0.1) is 24.2 Å². The van der Waals surface area contributed by atoms with E-state index in [4.69, 9.17) is 10.5 Å². The molecule has 0 unspecified atom stereocenters. The Balaban J connectivity index is 2.10. The van der Waals surface area contributed by atoms with Gasteiger partial charge in [0.1, 0.15) is 0 Å². The van der Waals surface area contributed by atoms with Crippen molar-refractivity contribution in [2.75, 3.05) is 26.2 Å². The first-order valence-corrected chi connectivity index (χ1v) is 8.77. The lowest BCUT2D eigenvalue weighted by atomic mass is 9.94. The van der Waals surface area contributed by atoms with Crippen LogP contribution >= 0.6 is 0 Å². The van der Waals surface area contributed by atoms with E-state index in [9.17, 15) is 9.59 Å². The molecule has 0 saturated carbocycles.